The largest absolute Gasteiger partial charge is 0.493 e. The Morgan fingerprint density at radius 3 is 2.72 bits per heavy atom. The molecule has 7 heteroatoms. The highest BCUT2D eigenvalue weighted by Crippen LogP contribution is 2.35. The van der Waals surface area contributed by atoms with Crippen molar-refractivity contribution in [3.05, 3.63) is 48.0 Å². The van der Waals surface area contributed by atoms with Crippen LogP contribution in [0.2, 0.25) is 0 Å². The smallest absolute Gasteiger partial charge is 0.244 e. The van der Waals surface area contributed by atoms with Crippen molar-refractivity contribution >= 4 is 12.0 Å². The molecule has 150 valence electrons. The lowest BCUT2D eigenvalue weighted by molar-refractivity contribution is -0.116. The maximum Gasteiger partial charge on any atom is 0.244 e. The summed E-state index contributed by atoms with van der Waals surface area (Å²) in [5.41, 5.74) is 0.820. The first-order chi connectivity index (χ1) is 14.2. The van der Waals surface area contributed by atoms with E-state index in [1.54, 1.807) is 50.6 Å². The van der Waals surface area contributed by atoms with Crippen LogP contribution in [0.5, 0.6) is 28.7 Å². The Morgan fingerprint density at radius 2 is 1.90 bits per heavy atom. The van der Waals surface area contributed by atoms with Gasteiger partial charge in [0.15, 0.2) is 23.0 Å². The molecule has 0 aliphatic carbocycles. The fraction of sp³-hybridized carbons (Fsp3) is 0.227. The van der Waals surface area contributed by atoms with E-state index in [1.165, 1.54) is 6.08 Å². The summed E-state index contributed by atoms with van der Waals surface area (Å²) in [5, 5.41) is 2.69. The number of fused-ring (bicyclic) bond motifs is 1. The molecule has 1 N–H and O–H groups in total. The van der Waals surface area contributed by atoms with Crippen molar-refractivity contribution in [2.24, 2.45) is 0 Å². The van der Waals surface area contributed by atoms with Crippen molar-refractivity contribution in [3.8, 4) is 40.6 Å². The zero-order chi connectivity index (χ0) is 20.5. The van der Waals surface area contributed by atoms with Crippen molar-refractivity contribution in [2.75, 3.05) is 34.2 Å². The summed E-state index contributed by atoms with van der Waals surface area (Å²) >= 11 is 0. The number of nitrogens with one attached hydrogen (secondary N) is 1. The van der Waals surface area contributed by atoms with Crippen LogP contribution >= 0.6 is 0 Å². The van der Waals surface area contributed by atoms with Gasteiger partial charge in [-0.2, -0.15) is 0 Å². The summed E-state index contributed by atoms with van der Waals surface area (Å²) in [6.07, 6.45) is 3.12. The predicted molar refractivity (Wildman–Crippen MR) is 107 cm³/mol. The first-order valence-corrected chi connectivity index (χ1v) is 8.85. The molecule has 2 aromatic rings. The van der Waals surface area contributed by atoms with E-state index < -0.39 is 0 Å². The van der Waals surface area contributed by atoms with Gasteiger partial charge in [-0.25, -0.2) is 0 Å². The molecule has 0 unspecified atom stereocenters. The predicted octanol–water partition coefficient (Wildman–Crippen LogP) is 2.64. The Morgan fingerprint density at radius 1 is 1.07 bits per heavy atom. The molecule has 0 spiro atoms. The number of amides is 1. The van der Waals surface area contributed by atoms with Gasteiger partial charge in [-0.05, 0) is 35.9 Å². The van der Waals surface area contributed by atoms with Gasteiger partial charge in [-0.15, -0.1) is 0 Å². The first kappa shape index (κ1) is 20.0. The number of carbonyl (C=O) groups is 1. The van der Waals surface area contributed by atoms with E-state index in [0.29, 0.717) is 28.7 Å². The van der Waals surface area contributed by atoms with E-state index in [-0.39, 0.29) is 25.9 Å². The Labute approximate surface area is 169 Å². The SMILES string of the molecule is COc1ccc(/C=C/C(=O)NCC#CCOc2ccc3c(c2)OCO3)cc1OC. The number of carbonyl (C=O) groups excluding carboxylic acids is 1. The molecule has 0 bridgehead atoms. The van der Waals surface area contributed by atoms with Crippen LogP contribution < -0.4 is 29.0 Å². The summed E-state index contributed by atoms with van der Waals surface area (Å²) in [5.74, 6) is 8.67. The van der Waals surface area contributed by atoms with E-state index in [9.17, 15) is 4.79 Å². The molecule has 1 heterocycles. The molecule has 0 fully saturated rings. The Kier molecular flexibility index (Phi) is 6.85. The Hall–Kier alpha value is -3.79. The lowest BCUT2D eigenvalue weighted by Gasteiger charge is -2.07. The molecule has 1 aliphatic rings. The van der Waals surface area contributed by atoms with E-state index in [2.05, 4.69) is 17.2 Å². The monoisotopic (exact) mass is 395 g/mol. The highest BCUT2D eigenvalue weighted by molar-refractivity contribution is 5.91. The second kappa shape index (κ2) is 9.95. The van der Waals surface area contributed by atoms with Gasteiger partial charge in [-0.1, -0.05) is 17.9 Å². The minimum absolute atomic E-state index is 0.205. The van der Waals surface area contributed by atoms with Crippen molar-refractivity contribution in [1.82, 2.24) is 5.32 Å². The zero-order valence-corrected chi connectivity index (χ0v) is 16.2. The fourth-order valence-corrected chi connectivity index (χ4v) is 2.52. The molecule has 0 saturated carbocycles. The maximum absolute atomic E-state index is 11.9. The topological polar surface area (TPSA) is 75.3 Å². The van der Waals surface area contributed by atoms with Crippen LogP contribution in [0.25, 0.3) is 6.08 Å². The maximum atomic E-state index is 11.9. The normalized spacial score (nSPS) is 11.5. The van der Waals surface area contributed by atoms with Gasteiger partial charge >= 0.3 is 0 Å². The molecule has 29 heavy (non-hydrogen) atoms. The molecule has 0 saturated heterocycles. The summed E-state index contributed by atoms with van der Waals surface area (Å²) in [4.78, 5) is 11.9. The summed E-state index contributed by atoms with van der Waals surface area (Å²) < 4.78 is 26.5. The number of benzene rings is 2. The van der Waals surface area contributed by atoms with E-state index in [4.69, 9.17) is 23.7 Å². The minimum atomic E-state index is -0.245. The van der Waals surface area contributed by atoms with Gasteiger partial charge in [0.1, 0.15) is 12.4 Å². The number of ether oxygens (including phenoxy) is 5. The Bertz CT molecular complexity index is 958. The van der Waals surface area contributed by atoms with Crippen molar-refractivity contribution in [2.45, 2.75) is 0 Å². The number of rotatable bonds is 7. The molecule has 1 amide bonds. The lowest BCUT2D eigenvalue weighted by atomic mass is 10.2. The standard InChI is InChI=1S/C22H21NO6/c1-25-18-8-5-16(13-20(18)26-2)6-10-22(24)23-11-3-4-12-27-17-7-9-19-21(14-17)29-15-28-19/h5-10,13-14H,11-12,15H2,1-2H3,(H,23,24)/b10-6+. The molecule has 3 rings (SSSR count). The minimum Gasteiger partial charge on any atom is -0.493 e. The van der Waals surface area contributed by atoms with Crippen LogP contribution in [0.15, 0.2) is 42.5 Å². The highest BCUT2D eigenvalue weighted by atomic mass is 16.7. The van der Waals surface area contributed by atoms with Crippen LogP contribution in [0, 0.1) is 11.8 Å². The molecule has 0 radical (unpaired) electrons. The van der Waals surface area contributed by atoms with Crippen LogP contribution in [0.1, 0.15) is 5.56 Å². The average Bonchev–Trinajstić information content (AvgIpc) is 3.22. The van der Waals surface area contributed by atoms with Gasteiger partial charge in [0.2, 0.25) is 12.7 Å². The van der Waals surface area contributed by atoms with Crippen molar-refractivity contribution in [3.63, 3.8) is 0 Å². The number of methoxy groups -OCH3 is 2. The lowest BCUT2D eigenvalue weighted by Crippen LogP contribution is -2.21. The van der Waals surface area contributed by atoms with Gasteiger partial charge in [0.05, 0.1) is 20.8 Å². The zero-order valence-electron chi connectivity index (χ0n) is 16.2. The van der Waals surface area contributed by atoms with Crippen molar-refractivity contribution in [1.29, 1.82) is 0 Å². The summed E-state index contributed by atoms with van der Waals surface area (Å²) in [6, 6.07) is 10.7. The third-order valence-corrected chi connectivity index (χ3v) is 3.97. The van der Waals surface area contributed by atoms with Gasteiger partial charge in [-0.3, -0.25) is 4.79 Å². The average molecular weight is 395 g/mol. The summed E-state index contributed by atoms with van der Waals surface area (Å²) in [6.45, 7) is 0.648. The van der Waals surface area contributed by atoms with Gasteiger partial charge < -0.3 is 29.0 Å². The molecular weight excluding hydrogens is 374 g/mol. The first-order valence-electron chi connectivity index (χ1n) is 8.85. The molecule has 2 aromatic carbocycles. The second-order valence-corrected chi connectivity index (χ2v) is 5.82. The van der Waals surface area contributed by atoms with Crippen LogP contribution in [-0.4, -0.2) is 40.1 Å². The van der Waals surface area contributed by atoms with Crippen LogP contribution in [-0.2, 0) is 4.79 Å². The van der Waals surface area contributed by atoms with E-state index in [1.807, 2.05) is 6.07 Å². The van der Waals surface area contributed by atoms with E-state index in [0.717, 1.165) is 5.56 Å². The van der Waals surface area contributed by atoms with Crippen molar-refractivity contribution < 1.29 is 28.5 Å². The summed E-state index contributed by atoms with van der Waals surface area (Å²) in [7, 11) is 3.13. The van der Waals surface area contributed by atoms with Crippen LogP contribution in [0.3, 0.4) is 0 Å². The molecular formula is C22H21NO6. The third kappa shape index (κ3) is 5.59. The van der Waals surface area contributed by atoms with Gasteiger partial charge in [0.25, 0.3) is 0 Å². The molecule has 0 atom stereocenters. The number of hydrogen-bond donors (Lipinski definition) is 1. The Balaban J connectivity index is 1.40. The number of hydrogen-bond acceptors (Lipinski definition) is 6. The third-order valence-electron chi connectivity index (χ3n) is 3.97. The van der Waals surface area contributed by atoms with E-state index >= 15 is 0 Å². The fourth-order valence-electron chi connectivity index (χ4n) is 2.52. The molecule has 7 nitrogen and oxygen atoms in total. The quantitative estimate of drug-likeness (QED) is 0.574. The molecule has 1 aliphatic heterocycles. The van der Waals surface area contributed by atoms with Gasteiger partial charge in [0, 0.05) is 12.1 Å². The van der Waals surface area contributed by atoms with Crippen LogP contribution in [0.4, 0.5) is 0 Å². The second-order valence-electron chi connectivity index (χ2n) is 5.82. The molecule has 0 aromatic heterocycles. The highest BCUT2D eigenvalue weighted by Gasteiger charge is 2.13.